The predicted molar refractivity (Wildman–Crippen MR) is 149 cm³/mol. The van der Waals surface area contributed by atoms with Crippen molar-refractivity contribution < 1.29 is 13.9 Å². The average Bonchev–Trinajstić information content (AvgIpc) is 3.30. The highest BCUT2D eigenvalue weighted by Crippen LogP contribution is 2.18. The number of morpholine rings is 1. The van der Waals surface area contributed by atoms with E-state index >= 15 is 0 Å². The molecule has 3 heterocycles. The lowest BCUT2D eigenvalue weighted by atomic mass is 10.1. The third-order valence-corrected chi connectivity index (χ3v) is 6.58. The van der Waals surface area contributed by atoms with Gasteiger partial charge in [0.25, 0.3) is 11.1 Å². The van der Waals surface area contributed by atoms with Crippen molar-refractivity contribution in [3.63, 3.8) is 0 Å². The predicted octanol–water partition coefficient (Wildman–Crippen LogP) is 1.77. The van der Waals surface area contributed by atoms with Crippen molar-refractivity contribution in [1.29, 1.82) is 0 Å². The van der Waals surface area contributed by atoms with E-state index in [4.69, 9.17) is 14.5 Å². The number of hydrogen-bond donors (Lipinski definition) is 3. The number of imidazole rings is 1. The molecule has 1 unspecified atom stereocenters. The van der Waals surface area contributed by atoms with Crippen LogP contribution in [0.5, 0.6) is 0 Å². The number of nitrogens with one attached hydrogen (secondary N) is 3. The number of H-pyrrole nitrogens is 3. The summed E-state index contributed by atoms with van der Waals surface area (Å²) in [4.78, 5) is 41.3. The summed E-state index contributed by atoms with van der Waals surface area (Å²) >= 11 is 0. The second-order valence-electron chi connectivity index (χ2n) is 10.2. The summed E-state index contributed by atoms with van der Waals surface area (Å²) in [5, 5.41) is 0.165. The summed E-state index contributed by atoms with van der Waals surface area (Å²) in [6.45, 7) is 11.0. The lowest BCUT2D eigenvalue weighted by Gasteiger charge is -2.32. The first kappa shape index (κ1) is 28.7. The van der Waals surface area contributed by atoms with Crippen LogP contribution in [-0.4, -0.2) is 70.4 Å². The Labute approximate surface area is 226 Å². The van der Waals surface area contributed by atoms with E-state index in [1.807, 2.05) is 13.8 Å². The van der Waals surface area contributed by atoms with E-state index < -0.39 is 16.9 Å². The zero-order chi connectivity index (χ0) is 27.8. The number of ether oxygens (including phenoxy) is 2. The minimum atomic E-state index is -0.476. The van der Waals surface area contributed by atoms with Gasteiger partial charge in [-0.2, -0.15) is 0 Å². The molecule has 1 fully saturated rings. The Kier molecular flexibility index (Phi) is 10.0. The quantitative estimate of drug-likeness (QED) is 0.320. The highest BCUT2D eigenvalue weighted by molar-refractivity contribution is 5.49. The number of nitrogens with zero attached hydrogens (tertiary/aromatic N) is 2. The second kappa shape index (κ2) is 13.6. The van der Waals surface area contributed by atoms with E-state index in [0.717, 1.165) is 57.0 Å². The molecule has 3 aromatic rings. The van der Waals surface area contributed by atoms with Gasteiger partial charge in [0.15, 0.2) is 0 Å². The van der Waals surface area contributed by atoms with E-state index in [2.05, 4.69) is 26.8 Å². The van der Waals surface area contributed by atoms with Crippen LogP contribution in [0.15, 0.2) is 33.9 Å². The number of aromatic amines is 3. The molecule has 210 valence electrons. The van der Waals surface area contributed by atoms with Crippen LogP contribution in [-0.2, 0) is 15.9 Å². The number of hydrogen-bond acceptors (Lipinski definition) is 6. The van der Waals surface area contributed by atoms with Crippen LogP contribution in [0.2, 0.25) is 0 Å². The number of benzene rings is 1. The summed E-state index contributed by atoms with van der Waals surface area (Å²) in [6.07, 6.45) is 5.84. The maximum atomic E-state index is 13.5. The Bertz CT molecular complexity index is 1480. The molecule has 1 atom stereocenters. The van der Waals surface area contributed by atoms with Crippen LogP contribution in [0.4, 0.5) is 4.39 Å². The normalized spacial score (nSPS) is 17.4. The number of aromatic nitrogens is 4. The topological polar surface area (TPSA) is 116 Å². The molecule has 9 nitrogen and oxygen atoms in total. The minimum Gasteiger partial charge on any atom is -0.379 e. The zero-order valence-corrected chi connectivity index (χ0v) is 22.9. The minimum absolute atomic E-state index is 0.0526. The molecule has 0 aliphatic carbocycles. The lowest BCUT2D eigenvalue weighted by Crippen LogP contribution is -2.46. The molecule has 4 rings (SSSR count). The second-order valence-corrected chi connectivity index (χ2v) is 10.2. The maximum Gasteiger partial charge on any atom is 0.272 e. The van der Waals surface area contributed by atoms with E-state index in [0.29, 0.717) is 24.5 Å². The van der Waals surface area contributed by atoms with Crippen molar-refractivity contribution in [3.8, 4) is 0 Å². The Morgan fingerprint density at radius 3 is 2.67 bits per heavy atom. The van der Waals surface area contributed by atoms with Crippen LogP contribution in [0.3, 0.4) is 0 Å². The molecule has 1 aliphatic rings. The molecule has 1 aliphatic heterocycles. The van der Waals surface area contributed by atoms with Crippen molar-refractivity contribution >= 4 is 12.2 Å². The van der Waals surface area contributed by atoms with Gasteiger partial charge in [0.2, 0.25) is 0 Å². The molecule has 0 saturated carbocycles. The van der Waals surface area contributed by atoms with Crippen molar-refractivity contribution in [2.24, 2.45) is 0 Å². The summed E-state index contributed by atoms with van der Waals surface area (Å²) in [7, 11) is 0. The largest absolute Gasteiger partial charge is 0.379 e. The van der Waals surface area contributed by atoms with Gasteiger partial charge in [-0.05, 0) is 55.2 Å². The number of aryl methyl sites for hydroxylation is 1. The summed E-state index contributed by atoms with van der Waals surface area (Å²) in [5.74, 6) is 0.567. The molecule has 0 radical (unpaired) electrons. The Morgan fingerprint density at radius 1 is 1.18 bits per heavy atom. The first-order valence-electron chi connectivity index (χ1n) is 13.6. The van der Waals surface area contributed by atoms with Crippen molar-refractivity contribution in [3.05, 3.63) is 84.3 Å². The lowest BCUT2D eigenvalue weighted by molar-refractivity contribution is -0.0690. The monoisotopic (exact) mass is 539 g/mol. The first-order chi connectivity index (χ1) is 18.8. The van der Waals surface area contributed by atoms with Gasteiger partial charge in [-0.3, -0.25) is 14.5 Å². The molecular weight excluding hydrogens is 501 g/mol. The third kappa shape index (κ3) is 8.08. The standard InChI is InChI=1S/C29H38FN5O4/c1-4-12-38-18-22-17-35(11-13-39-22)10-6-9-26-31-23(27(34-26)19(2)3)16-25-29(37)32-24(28(36)33-25)15-20-7-5-8-21(30)14-20/h5,7-8,14-16,19,22H,4,6,9-13,17-18H2,1-3H3,(H,31,34)(H,32,37)(H,33,36)/b24-15-,25-16-. The molecule has 1 aromatic carbocycles. The van der Waals surface area contributed by atoms with Crippen LogP contribution in [0, 0.1) is 5.82 Å². The molecular formula is C29H38FN5O4. The van der Waals surface area contributed by atoms with Crippen LogP contribution in [0.25, 0.3) is 12.2 Å². The SMILES string of the molecule is CCCOCC1CN(CCCc2nc(/C=c3\[nH]c(=O)/c(=C/c4cccc(F)c4)[nH]c3=O)c(C(C)C)[nH]2)CCO1. The third-order valence-electron chi connectivity index (χ3n) is 6.58. The fraction of sp³-hybridized carbons (Fsp3) is 0.483. The van der Waals surface area contributed by atoms with Gasteiger partial charge in [-0.25, -0.2) is 9.37 Å². The van der Waals surface area contributed by atoms with Gasteiger partial charge in [-0.15, -0.1) is 0 Å². The van der Waals surface area contributed by atoms with Gasteiger partial charge < -0.3 is 24.4 Å². The molecule has 10 heteroatoms. The highest BCUT2D eigenvalue weighted by Gasteiger charge is 2.20. The Hall–Kier alpha value is -3.34. The zero-order valence-electron chi connectivity index (χ0n) is 22.9. The Balaban J connectivity index is 1.47. The molecule has 1 saturated heterocycles. The van der Waals surface area contributed by atoms with Crippen LogP contribution >= 0.6 is 0 Å². The highest BCUT2D eigenvalue weighted by atomic mass is 19.1. The fourth-order valence-corrected chi connectivity index (χ4v) is 4.63. The van der Waals surface area contributed by atoms with E-state index in [-0.39, 0.29) is 22.7 Å². The smallest absolute Gasteiger partial charge is 0.272 e. The van der Waals surface area contributed by atoms with Crippen LogP contribution in [0.1, 0.15) is 62.3 Å². The van der Waals surface area contributed by atoms with E-state index in [9.17, 15) is 14.0 Å². The van der Waals surface area contributed by atoms with Gasteiger partial charge in [0, 0.05) is 31.8 Å². The fourth-order valence-electron chi connectivity index (χ4n) is 4.63. The van der Waals surface area contributed by atoms with Crippen LogP contribution < -0.4 is 21.8 Å². The number of halogens is 1. The van der Waals surface area contributed by atoms with Crippen molar-refractivity contribution in [1.82, 2.24) is 24.8 Å². The van der Waals surface area contributed by atoms with Gasteiger partial charge in [0.05, 0.1) is 25.0 Å². The van der Waals surface area contributed by atoms with Gasteiger partial charge >= 0.3 is 0 Å². The molecule has 3 N–H and O–H groups in total. The molecule has 2 aromatic heterocycles. The maximum absolute atomic E-state index is 13.5. The number of rotatable bonds is 11. The van der Waals surface area contributed by atoms with E-state index in [1.54, 1.807) is 18.2 Å². The van der Waals surface area contributed by atoms with Crippen molar-refractivity contribution in [2.45, 2.75) is 52.1 Å². The summed E-state index contributed by atoms with van der Waals surface area (Å²) < 4.78 is 25.0. The summed E-state index contributed by atoms with van der Waals surface area (Å²) in [6, 6.07) is 5.80. The van der Waals surface area contributed by atoms with Crippen molar-refractivity contribution in [2.75, 3.05) is 39.5 Å². The average molecular weight is 540 g/mol. The Morgan fingerprint density at radius 2 is 1.95 bits per heavy atom. The van der Waals surface area contributed by atoms with Gasteiger partial charge in [-0.1, -0.05) is 32.9 Å². The molecule has 0 amide bonds. The molecule has 39 heavy (non-hydrogen) atoms. The summed E-state index contributed by atoms with van der Waals surface area (Å²) in [5.41, 5.74) is 1.07. The molecule has 0 spiro atoms. The van der Waals surface area contributed by atoms with Gasteiger partial charge in [0.1, 0.15) is 22.3 Å². The molecule has 0 bridgehead atoms. The first-order valence-corrected chi connectivity index (χ1v) is 13.6. The van der Waals surface area contributed by atoms with E-state index in [1.165, 1.54) is 18.2 Å².